The molecule has 1 fully saturated rings. The molecule has 1 aliphatic heterocycles. The molecule has 0 radical (unpaired) electrons. The lowest BCUT2D eigenvalue weighted by molar-refractivity contribution is 0.0105. The Hall–Kier alpha value is -1.63. The number of nitrogens with zero attached hydrogens (tertiary/aromatic N) is 2. The van der Waals surface area contributed by atoms with E-state index in [-0.39, 0.29) is 5.84 Å². The zero-order valence-corrected chi connectivity index (χ0v) is 11.1. The van der Waals surface area contributed by atoms with E-state index >= 15 is 0 Å². The van der Waals surface area contributed by atoms with Crippen molar-refractivity contribution in [2.24, 2.45) is 10.9 Å². The van der Waals surface area contributed by atoms with Crippen LogP contribution in [0.15, 0.2) is 23.4 Å². The second-order valence-corrected chi connectivity index (χ2v) is 4.56. The van der Waals surface area contributed by atoms with Crippen LogP contribution in [0.25, 0.3) is 0 Å². The van der Waals surface area contributed by atoms with Crippen molar-refractivity contribution in [3.8, 4) is 0 Å². The Morgan fingerprint density at radius 3 is 2.84 bits per heavy atom. The van der Waals surface area contributed by atoms with E-state index in [9.17, 15) is 0 Å². The van der Waals surface area contributed by atoms with Crippen molar-refractivity contribution in [3.05, 3.63) is 34.9 Å². The smallest absolute Gasteiger partial charge is 0.170 e. The van der Waals surface area contributed by atoms with Gasteiger partial charge in [0.2, 0.25) is 0 Å². The maximum absolute atomic E-state index is 8.65. The van der Waals surface area contributed by atoms with E-state index in [2.05, 4.69) is 15.6 Å². The van der Waals surface area contributed by atoms with Crippen LogP contribution in [-0.2, 0) is 11.3 Å². The standard InChI is InChI=1S/C13H20N4O2/c1-10-8-11(13(14)16-18)2-3-12(10)9-15-17-4-6-19-7-5-17/h2-3,8,15,18H,4-7,9H2,1H3,(H2,14,16). The number of morpholine rings is 1. The maximum atomic E-state index is 8.65. The number of benzene rings is 1. The first kappa shape index (κ1) is 13.8. The molecule has 1 aromatic rings. The Labute approximate surface area is 112 Å². The summed E-state index contributed by atoms with van der Waals surface area (Å²) in [6, 6.07) is 5.78. The highest BCUT2D eigenvalue weighted by molar-refractivity contribution is 5.97. The number of hydrazine groups is 1. The van der Waals surface area contributed by atoms with Crippen LogP contribution in [0.2, 0.25) is 0 Å². The molecule has 0 unspecified atom stereocenters. The van der Waals surface area contributed by atoms with Gasteiger partial charge in [0.1, 0.15) is 0 Å². The molecule has 104 valence electrons. The highest BCUT2D eigenvalue weighted by Crippen LogP contribution is 2.11. The van der Waals surface area contributed by atoms with Crippen LogP contribution in [0.4, 0.5) is 0 Å². The molecule has 0 saturated carbocycles. The molecule has 0 atom stereocenters. The highest BCUT2D eigenvalue weighted by Gasteiger charge is 2.10. The van der Waals surface area contributed by atoms with Gasteiger partial charge in [0.05, 0.1) is 13.2 Å². The Kier molecular flexibility index (Phi) is 4.73. The number of nitrogens with one attached hydrogen (secondary N) is 1. The van der Waals surface area contributed by atoms with E-state index in [1.165, 1.54) is 5.56 Å². The zero-order valence-electron chi connectivity index (χ0n) is 11.1. The van der Waals surface area contributed by atoms with Crippen molar-refractivity contribution >= 4 is 5.84 Å². The lowest BCUT2D eigenvalue weighted by Gasteiger charge is -2.27. The quantitative estimate of drug-likeness (QED) is 0.318. The summed E-state index contributed by atoms with van der Waals surface area (Å²) in [5, 5.41) is 13.8. The first-order valence-corrected chi connectivity index (χ1v) is 6.34. The molecule has 0 spiro atoms. The summed E-state index contributed by atoms with van der Waals surface area (Å²) in [4.78, 5) is 0. The molecule has 6 nitrogen and oxygen atoms in total. The molecule has 0 bridgehead atoms. The predicted octanol–water partition coefficient (Wildman–Crippen LogP) is 0.426. The van der Waals surface area contributed by atoms with Crippen LogP contribution < -0.4 is 11.2 Å². The van der Waals surface area contributed by atoms with Crippen molar-refractivity contribution in [2.75, 3.05) is 26.3 Å². The third-order valence-electron chi connectivity index (χ3n) is 3.25. The summed E-state index contributed by atoms with van der Waals surface area (Å²) in [6.45, 7) is 6.14. The third-order valence-corrected chi connectivity index (χ3v) is 3.25. The number of hydrogen-bond acceptors (Lipinski definition) is 5. The largest absolute Gasteiger partial charge is 0.409 e. The lowest BCUT2D eigenvalue weighted by atomic mass is 10.0. The van der Waals surface area contributed by atoms with Gasteiger partial charge < -0.3 is 15.7 Å². The molecule has 1 aromatic carbocycles. The molecule has 4 N–H and O–H groups in total. The van der Waals surface area contributed by atoms with Gasteiger partial charge in [-0.25, -0.2) is 5.01 Å². The summed E-state index contributed by atoms with van der Waals surface area (Å²) in [5.41, 5.74) is 12.0. The third kappa shape index (κ3) is 3.66. The van der Waals surface area contributed by atoms with Crippen LogP contribution >= 0.6 is 0 Å². The number of oxime groups is 1. The maximum Gasteiger partial charge on any atom is 0.170 e. The molecule has 2 rings (SSSR count). The number of aryl methyl sites for hydroxylation is 1. The lowest BCUT2D eigenvalue weighted by Crippen LogP contribution is -2.45. The van der Waals surface area contributed by atoms with Gasteiger partial charge in [0.25, 0.3) is 0 Å². The molecule has 6 heteroatoms. The van der Waals surface area contributed by atoms with Crippen molar-refractivity contribution in [2.45, 2.75) is 13.5 Å². The predicted molar refractivity (Wildman–Crippen MR) is 72.9 cm³/mol. The summed E-state index contributed by atoms with van der Waals surface area (Å²) >= 11 is 0. The van der Waals surface area contributed by atoms with Gasteiger partial charge in [-0.15, -0.1) is 0 Å². The summed E-state index contributed by atoms with van der Waals surface area (Å²) in [6.07, 6.45) is 0. The first-order chi connectivity index (χ1) is 9.20. The van der Waals surface area contributed by atoms with Gasteiger partial charge in [0, 0.05) is 25.2 Å². The van der Waals surface area contributed by atoms with E-state index in [0.717, 1.165) is 44.0 Å². The van der Waals surface area contributed by atoms with Gasteiger partial charge in [-0.3, -0.25) is 5.43 Å². The molecular weight excluding hydrogens is 244 g/mol. The minimum Gasteiger partial charge on any atom is -0.409 e. The molecule has 0 amide bonds. The first-order valence-electron chi connectivity index (χ1n) is 6.34. The number of amidine groups is 1. The molecule has 0 aliphatic carbocycles. The van der Waals surface area contributed by atoms with Crippen LogP contribution in [-0.4, -0.2) is 42.4 Å². The monoisotopic (exact) mass is 264 g/mol. The van der Waals surface area contributed by atoms with Crippen molar-refractivity contribution in [3.63, 3.8) is 0 Å². The Morgan fingerprint density at radius 1 is 1.47 bits per heavy atom. The van der Waals surface area contributed by atoms with E-state index in [1.807, 2.05) is 25.1 Å². The number of nitrogens with two attached hydrogens (primary N) is 1. The number of hydrogen-bond donors (Lipinski definition) is 3. The van der Waals surface area contributed by atoms with Gasteiger partial charge in [-0.1, -0.05) is 17.3 Å². The Morgan fingerprint density at radius 2 is 2.21 bits per heavy atom. The van der Waals surface area contributed by atoms with Gasteiger partial charge in [-0.05, 0) is 24.1 Å². The van der Waals surface area contributed by atoms with E-state index < -0.39 is 0 Å². The van der Waals surface area contributed by atoms with Crippen LogP contribution in [0.3, 0.4) is 0 Å². The summed E-state index contributed by atoms with van der Waals surface area (Å²) < 4.78 is 5.30. The Balaban J connectivity index is 1.97. The fraction of sp³-hybridized carbons (Fsp3) is 0.462. The minimum atomic E-state index is 0.135. The topological polar surface area (TPSA) is 83.1 Å². The van der Waals surface area contributed by atoms with Crippen molar-refractivity contribution in [1.82, 2.24) is 10.4 Å². The molecule has 1 saturated heterocycles. The van der Waals surface area contributed by atoms with E-state index in [0.29, 0.717) is 0 Å². The van der Waals surface area contributed by atoms with Crippen molar-refractivity contribution < 1.29 is 9.94 Å². The molecule has 19 heavy (non-hydrogen) atoms. The fourth-order valence-electron chi connectivity index (χ4n) is 2.03. The summed E-state index contributed by atoms with van der Waals surface area (Å²) in [5.74, 6) is 0.135. The minimum absolute atomic E-state index is 0.135. The fourth-order valence-corrected chi connectivity index (χ4v) is 2.03. The van der Waals surface area contributed by atoms with Crippen LogP contribution in [0, 0.1) is 6.92 Å². The van der Waals surface area contributed by atoms with Crippen LogP contribution in [0.1, 0.15) is 16.7 Å². The summed E-state index contributed by atoms with van der Waals surface area (Å²) in [7, 11) is 0. The van der Waals surface area contributed by atoms with Crippen LogP contribution in [0.5, 0.6) is 0 Å². The van der Waals surface area contributed by atoms with Gasteiger partial charge in [0.15, 0.2) is 5.84 Å². The number of ether oxygens (including phenoxy) is 1. The second kappa shape index (κ2) is 6.51. The highest BCUT2D eigenvalue weighted by atomic mass is 16.5. The second-order valence-electron chi connectivity index (χ2n) is 4.56. The molecular formula is C13H20N4O2. The normalized spacial score (nSPS) is 17.6. The molecule has 1 aliphatic rings. The van der Waals surface area contributed by atoms with Crippen molar-refractivity contribution in [1.29, 1.82) is 0 Å². The average Bonchev–Trinajstić information content (AvgIpc) is 2.46. The molecule has 0 aromatic heterocycles. The zero-order chi connectivity index (χ0) is 13.7. The SMILES string of the molecule is Cc1cc(/C(N)=N/O)ccc1CNN1CCOCC1. The van der Waals surface area contributed by atoms with Gasteiger partial charge in [-0.2, -0.15) is 0 Å². The van der Waals surface area contributed by atoms with E-state index in [1.54, 1.807) is 0 Å². The average molecular weight is 264 g/mol. The molecule has 1 heterocycles. The Bertz CT molecular complexity index is 456. The van der Waals surface area contributed by atoms with E-state index in [4.69, 9.17) is 15.7 Å². The van der Waals surface area contributed by atoms with Gasteiger partial charge >= 0.3 is 0 Å². The number of rotatable bonds is 4.